The molecule has 0 bridgehead atoms. The van der Waals surface area contributed by atoms with Crippen molar-refractivity contribution in [3.05, 3.63) is 30.5 Å². The maximum absolute atomic E-state index is 4.57. The zero-order valence-electron chi connectivity index (χ0n) is 10.4. The van der Waals surface area contributed by atoms with Gasteiger partial charge in [0.2, 0.25) is 0 Å². The predicted molar refractivity (Wildman–Crippen MR) is 73.6 cm³/mol. The van der Waals surface area contributed by atoms with E-state index in [1.54, 1.807) is 0 Å². The van der Waals surface area contributed by atoms with E-state index in [1.165, 1.54) is 12.8 Å². The van der Waals surface area contributed by atoms with Gasteiger partial charge in [0.1, 0.15) is 5.82 Å². The van der Waals surface area contributed by atoms with Crippen LogP contribution in [-0.4, -0.2) is 29.6 Å². The lowest BCUT2D eigenvalue weighted by molar-refractivity contribution is 0.392. The van der Waals surface area contributed by atoms with Crippen molar-refractivity contribution in [2.75, 3.05) is 25.0 Å². The topological polar surface area (TPSA) is 49.8 Å². The SMILES string of the molecule is c1ccc2nc(NC[C@H]3CCCNC3)cnc2c1. The van der Waals surface area contributed by atoms with Crippen LogP contribution < -0.4 is 10.6 Å². The smallest absolute Gasteiger partial charge is 0.145 e. The van der Waals surface area contributed by atoms with E-state index in [0.29, 0.717) is 5.92 Å². The van der Waals surface area contributed by atoms with Crippen molar-refractivity contribution in [2.24, 2.45) is 5.92 Å². The molecule has 0 aliphatic carbocycles. The first-order chi connectivity index (χ1) is 8.92. The Morgan fingerprint density at radius 1 is 1.28 bits per heavy atom. The van der Waals surface area contributed by atoms with Crippen LogP contribution in [0.1, 0.15) is 12.8 Å². The van der Waals surface area contributed by atoms with Crippen molar-refractivity contribution in [3.63, 3.8) is 0 Å². The Morgan fingerprint density at radius 2 is 2.17 bits per heavy atom. The van der Waals surface area contributed by atoms with Crippen molar-refractivity contribution in [2.45, 2.75) is 12.8 Å². The average molecular weight is 242 g/mol. The number of piperidine rings is 1. The van der Waals surface area contributed by atoms with E-state index in [2.05, 4.69) is 20.6 Å². The number of nitrogens with zero attached hydrogens (tertiary/aromatic N) is 2. The first-order valence-corrected chi connectivity index (χ1v) is 6.58. The fourth-order valence-electron chi connectivity index (χ4n) is 2.39. The number of aromatic nitrogens is 2. The van der Waals surface area contributed by atoms with Crippen LogP contribution in [0.15, 0.2) is 30.5 Å². The molecule has 2 N–H and O–H groups in total. The van der Waals surface area contributed by atoms with E-state index in [-0.39, 0.29) is 0 Å². The van der Waals surface area contributed by atoms with Crippen molar-refractivity contribution >= 4 is 16.9 Å². The van der Waals surface area contributed by atoms with Crippen molar-refractivity contribution in [1.82, 2.24) is 15.3 Å². The molecule has 1 aromatic heterocycles. The molecule has 1 atom stereocenters. The van der Waals surface area contributed by atoms with E-state index >= 15 is 0 Å². The van der Waals surface area contributed by atoms with Gasteiger partial charge in [-0.1, -0.05) is 12.1 Å². The maximum atomic E-state index is 4.57. The molecule has 4 nitrogen and oxygen atoms in total. The highest BCUT2D eigenvalue weighted by Crippen LogP contribution is 2.14. The van der Waals surface area contributed by atoms with Gasteiger partial charge in [0.05, 0.1) is 17.2 Å². The molecule has 0 amide bonds. The minimum absolute atomic E-state index is 0.701. The first-order valence-electron chi connectivity index (χ1n) is 6.58. The minimum atomic E-state index is 0.701. The molecule has 1 fully saturated rings. The van der Waals surface area contributed by atoms with E-state index < -0.39 is 0 Å². The molecule has 0 radical (unpaired) electrons. The Hall–Kier alpha value is -1.68. The second-order valence-electron chi connectivity index (χ2n) is 4.84. The fourth-order valence-corrected chi connectivity index (χ4v) is 2.39. The van der Waals surface area contributed by atoms with Crippen LogP contribution in [0, 0.1) is 5.92 Å². The minimum Gasteiger partial charge on any atom is -0.368 e. The Labute approximate surface area is 107 Å². The molecule has 0 unspecified atom stereocenters. The lowest BCUT2D eigenvalue weighted by atomic mass is 10.00. The molecular formula is C14H18N4. The standard InChI is InChI=1S/C14H18N4/c1-2-6-13-12(5-1)16-10-14(18-13)17-9-11-4-3-7-15-8-11/h1-2,5-6,10-11,15H,3-4,7-9H2,(H,17,18)/t11-/m0/s1. The Morgan fingerprint density at radius 3 is 3.00 bits per heavy atom. The summed E-state index contributed by atoms with van der Waals surface area (Å²) in [4.78, 5) is 8.97. The summed E-state index contributed by atoms with van der Waals surface area (Å²) >= 11 is 0. The summed E-state index contributed by atoms with van der Waals surface area (Å²) in [6.45, 7) is 3.24. The van der Waals surface area contributed by atoms with Crippen LogP contribution in [0.25, 0.3) is 11.0 Å². The molecule has 1 aliphatic rings. The third-order valence-electron chi connectivity index (χ3n) is 3.42. The first kappa shape index (κ1) is 11.4. The molecule has 2 aromatic rings. The van der Waals surface area contributed by atoms with Crippen LogP contribution in [0.4, 0.5) is 5.82 Å². The molecule has 3 rings (SSSR count). The zero-order chi connectivity index (χ0) is 12.2. The number of benzene rings is 1. The van der Waals surface area contributed by atoms with Gasteiger partial charge in [0.15, 0.2) is 0 Å². The lowest BCUT2D eigenvalue weighted by Gasteiger charge is -2.23. The summed E-state index contributed by atoms with van der Waals surface area (Å²) in [6, 6.07) is 7.95. The quantitative estimate of drug-likeness (QED) is 0.865. The maximum Gasteiger partial charge on any atom is 0.145 e. The molecule has 94 valence electrons. The average Bonchev–Trinajstić information content (AvgIpc) is 2.46. The van der Waals surface area contributed by atoms with E-state index in [0.717, 1.165) is 36.5 Å². The van der Waals surface area contributed by atoms with E-state index in [9.17, 15) is 0 Å². The highest BCUT2D eigenvalue weighted by Gasteiger charge is 2.12. The number of hydrogen-bond acceptors (Lipinski definition) is 4. The number of para-hydroxylation sites is 2. The van der Waals surface area contributed by atoms with Gasteiger partial charge in [0, 0.05) is 6.54 Å². The Bertz CT molecular complexity index is 520. The normalized spacial score (nSPS) is 19.9. The van der Waals surface area contributed by atoms with Gasteiger partial charge in [-0.05, 0) is 44.0 Å². The van der Waals surface area contributed by atoms with Crippen LogP contribution in [-0.2, 0) is 0 Å². The largest absolute Gasteiger partial charge is 0.368 e. The third-order valence-corrected chi connectivity index (χ3v) is 3.42. The Kier molecular flexibility index (Phi) is 3.37. The number of hydrogen-bond donors (Lipinski definition) is 2. The molecule has 1 saturated heterocycles. The molecule has 1 aromatic carbocycles. The number of nitrogens with one attached hydrogen (secondary N) is 2. The van der Waals surface area contributed by atoms with Crippen LogP contribution in [0.2, 0.25) is 0 Å². The molecule has 4 heteroatoms. The fraction of sp³-hybridized carbons (Fsp3) is 0.429. The number of fused-ring (bicyclic) bond motifs is 1. The van der Waals surface area contributed by atoms with Crippen LogP contribution in [0.3, 0.4) is 0 Å². The van der Waals surface area contributed by atoms with Crippen molar-refractivity contribution in [1.29, 1.82) is 0 Å². The zero-order valence-corrected chi connectivity index (χ0v) is 10.4. The second-order valence-corrected chi connectivity index (χ2v) is 4.84. The van der Waals surface area contributed by atoms with Gasteiger partial charge in [-0.15, -0.1) is 0 Å². The molecule has 1 aliphatic heterocycles. The van der Waals surface area contributed by atoms with Gasteiger partial charge in [-0.3, -0.25) is 4.98 Å². The molecule has 0 spiro atoms. The van der Waals surface area contributed by atoms with Crippen molar-refractivity contribution in [3.8, 4) is 0 Å². The summed E-state index contributed by atoms with van der Waals surface area (Å²) in [5.74, 6) is 1.58. The van der Waals surface area contributed by atoms with Crippen molar-refractivity contribution < 1.29 is 0 Å². The van der Waals surface area contributed by atoms with E-state index in [1.807, 2.05) is 30.5 Å². The van der Waals surface area contributed by atoms with Crippen LogP contribution >= 0.6 is 0 Å². The lowest BCUT2D eigenvalue weighted by Crippen LogP contribution is -2.33. The number of anilines is 1. The van der Waals surface area contributed by atoms with Crippen LogP contribution in [0.5, 0.6) is 0 Å². The number of rotatable bonds is 3. The van der Waals surface area contributed by atoms with Gasteiger partial charge >= 0.3 is 0 Å². The molecule has 2 heterocycles. The Balaban J connectivity index is 1.66. The summed E-state index contributed by atoms with van der Waals surface area (Å²) in [5.41, 5.74) is 1.90. The summed E-state index contributed by atoms with van der Waals surface area (Å²) in [6.07, 6.45) is 4.38. The summed E-state index contributed by atoms with van der Waals surface area (Å²) in [5, 5.41) is 6.82. The predicted octanol–water partition coefficient (Wildman–Crippen LogP) is 2.04. The highest BCUT2D eigenvalue weighted by molar-refractivity contribution is 5.75. The summed E-state index contributed by atoms with van der Waals surface area (Å²) < 4.78 is 0. The van der Waals surface area contributed by atoms with E-state index in [4.69, 9.17) is 0 Å². The highest BCUT2D eigenvalue weighted by atomic mass is 15.0. The molecule has 18 heavy (non-hydrogen) atoms. The second kappa shape index (κ2) is 5.31. The monoisotopic (exact) mass is 242 g/mol. The van der Waals surface area contributed by atoms with Gasteiger partial charge in [-0.2, -0.15) is 0 Å². The molecule has 0 saturated carbocycles. The van der Waals surface area contributed by atoms with Gasteiger partial charge in [-0.25, -0.2) is 4.98 Å². The van der Waals surface area contributed by atoms with Gasteiger partial charge in [0.25, 0.3) is 0 Å². The molecular weight excluding hydrogens is 224 g/mol. The van der Waals surface area contributed by atoms with Gasteiger partial charge < -0.3 is 10.6 Å². The summed E-state index contributed by atoms with van der Waals surface area (Å²) in [7, 11) is 0. The third kappa shape index (κ3) is 2.59.